The molecule has 1 aromatic carbocycles. The monoisotopic (exact) mass is 354 g/mol. The standard InChI is InChI=1S/C20H26N4O2/c1-5-6-13-24(4)20(26)18-14-15(11-12-21-18)19(25)22-16-7-9-17(10-8-16)23(2)3/h7-12,14H,5-6,13H2,1-4H3,(H,22,25). The Bertz CT molecular complexity index is 757. The highest BCUT2D eigenvalue weighted by molar-refractivity contribution is 6.05. The molecule has 6 nitrogen and oxygen atoms in total. The summed E-state index contributed by atoms with van der Waals surface area (Å²) in [6, 6.07) is 10.7. The molecule has 0 aliphatic heterocycles. The Kier molecular flexibility index (Phi) is 6.72. The molecule has 6 heteroatoms. The summed E-state index contributed by atoms with van der Waals surface area (Å²) in [4.78, 5) is 32.6. The Hall–Kier alpha value is -2.89. The molecule has 138 valence electrons. The normalized spacial score (nSPS) is 10.3. The summed E-state index contributed by atoms with van der Waals surface area (Å²) in [7, 11) is 5.67. The number of anilines is 2. The van der Waals surface area contributed by atoms with E-state index in [9.17, 15) is 9.59 Å². The van der Waals surface area contributed by atoms with Gasteiger partial charge in [0.25, 0.3) is 11.8 Å². The molecule has 1 aromatic heterocycles. The highest BCUT2D eigenvalue weighted by atomic mass is 16.2. The zero-order chi connectivity index (χ0) is 19.1. The van der Waals surface area contributed by atoms with Crippen LogP contribution in [-0.4, -0.2) is 49.4 Å². The van der Waals surface area contributed by atoms with E-state index in [1.165, 1.54) is 12.3 Å². The summed E-state index contributed by atoms with van der Waals surface area (Å²) in [5, 5.41) is 2.84. The molecule has 0 bridgehead atoms. The number of nitrogens with zero attached hydrogens (tertiary/aromatic N) is 3. The molecule has 0 radical (unpaired) electrons. The Balaban J connectivity index is 2.08. The number of carbonyl (C=O) groups excluding carboxylic acids is 2. The van der Waals surface area contributed by atoms with Crippen molar-refractivity contribution in [3.05, 3.63) is 53.9 Å². The Morgan fingerprint density at radius 3 is 2.38 bits per heavy atom. The van der Waals surface area contributed by atoms with Crippen LogP contribution in [0.25, 0.3) is 0 Å². The molecule has 0 aliphatic carbocycles. The number of hydrogen-bond acceptors (Lipinski definition) is 4. The van der Waals surface area contributed by atoms with Crippen LogP contribution in [-0.2, 0) is 0 Å². The van der Waals surface area contributed by atoms with Crippen LogP contribution in [0.1, 0.15) is 40.6 Å². The summed E-state index contributed by atoms with van der Waals surface area (Å²) in [6.45, 7) is 2.75. The second-order valence-corrected chi connectivity index (χ2v) is 6.41. The van der Waals surface area contributed by atoms with Gasteiger partial charge in [0.1, 0.15) is 5.69 Å². The molecule has 1 N–H and O–H groups in total. The van der Waals surface area contributed by atoms with E-state index in [0.717, 1.165) is 18.5 Å². The fourth-order valence-electron chi connectivity index (χ4n) is 2.43. The number of aromatic nitrogens is 1. The maximum atomic E-state index is 12.5. The molecular formula is C20H26N4O2. The Labute approximate surface area is 154 Å². The van der Waals surface area contributed by atoms with Crippen LogP contribution < -0.4 is 10.2 Å². The van der Waals surface area contributed by atoms with Gasteiger partial charge >= 0.3 is 0 Å². The number of unbranched alkanes of at least 4 members (excludes halogenated alkanes) is 1. The van der Waals surface area contributed by atoms with Crippen molar-refractivity contribution in [1.29, 1.82) is 0 Å². The van der Waals surface area contributed by atoms with Crippen molar-refractivity contribution in [2.24, 2.45) is 0 Å². The molecule has 0 spiro atoms. The smallest absolute Gasteiger partial charge is 0.272 e. The molecule has 2 rings (SSSR count). The predicted molar refractivity (Wildman–Crippen MR) is 105 cm³/mol. The van der Waals surface area contributed by atoms with E-state index in [0.29, 0.717) is 17.8 Å². The van der Waals surface area contributed by atoms with Gasteiger partial charge in [-0.05, 0) is 42.8 Å². The van der Waals surface area contributed by atoms with Gasteiger partial charge in [-0.3, -0.25) is 14.6 Å². The van der Waals surface area contributed by atoms with Crippen molar-refractivity contribution in [2.45, 2.75) is 19.8 Å². The summed E-state index contributed by atoms with van der Waals surface area (Å²) < 4.78 is 0. The molecule has 0 unspecified atom stereocenters. The lowest BCUT2D eigenvalue weighted by Gasteiger charge is -2.16. The van der Waals surface area contributed by atoms with Crippen LogP contribution in [0, 0.1) is 0 Å². The fraction of sp³-hybridized carbons (Fsp3) is 0.350. The van der Waals surface area contributed by atoms with Crippen molar-refractivity contribution in [3.63, 3.8) is 0 Å². The zero-order valence-corrected chi connectivity index (χ0v) is 15.8. The van der Waals surface area contributed by atoms with Crippen LogP contribution in [0.3, 0.4) is 0 Å². The van der Waals surface area contributed by atoms with Gasteiger partial charge in [0.05, 0.1) is 0 Å². The molecule has 0 saturated heterocycles. The van der Waals surface area contributed by atoms with Gasteiger partial charge in [-0.2, -0.15) is 0 Å². The summed E-state index contributed by atoms with van der Waals surface area (Å²) in [6.07, 6.45) is 3.44. The van der Waals surface area contributed by atoms with Gasteiger partial charge in [0.15, 0.2) is 0 Å². The van der Waals surface area contributed by atoms with E-state index in [1.807, 2.05) is 43.3 Å². The van der Waals surface area contributed by atoms with E-state index >= 15 is 0 Å². The number of hydrogen-bond donors (Lipinski definition) is 1. The quantitative estimate of drug-likeness (QED) is 0.829. The minimum Gasteiger partial charge on any atom is -0.378 e. The second kappa shape index (κ2) is 8.99. The lowest BCUT2D eigenvalue weighted by Crippen LogP contribution is -2.28. The number of benzene rings is 1. The first-order valence-corrected chi connectivity index (χ1v) is 8.72. The minimum absolute atomic E-state index is 0.177. The van der Waals surface area contributed by atoms with Gasteiger partial charge in [-0.1, -0.05) is 13.3 Å². The number of pyridine rings is 1. The molecule has 0 atom stereocenters. The van der Waals surface area contributed by atoms with E-state index < -0.39 is 0 Å². The molecular weight excluding hydrogens is 328 g/mol. The van der Waals surface area contributed by atoms with Crippen LogP contribution in [0.5, 0.6) is 0 Å². The number of nitrogens with one attached hydrogen (secondary N) is 1. The van der Waals surface area contributed by atoms with Gasteiger partial charge in [0, 0.05) is 50.8 Å². The largest absolute Gasteiger partial charge is 0.378 e. The molecule has 0 aliphatic rings. The first-order valence-electron chi connectivity index (χ1n) is 8.72. The maximum absolute atomic E-state index is 12.5. The molecule has 0 saturated carbocycles. The third-order valence-corrected chi connectivity index (χ3v) is 4.08. The van der Waals surface area contributed by atoms with Gasteiger partial charge < -0.3 is 15.1 Å². The molecule has 26 heavy (non-hydrogen) atoms. The van der Waals surface area contributed by atoms with E-state index in [4.69, 9.17) is 0 Å². The average Bonchev–Trinajstić information content (AvgIpc) is 2.66. The SMILES string of the molecule is CCCCN(C)C(=O)c1cc(C(=O)Nc2ccc(N(C)C)cc2)ccn1. The average molecular weight is 354 g/mol. The third-order valence-electron chi connectivity index (χ3n) is 4.08. The first kappa shape index (κ1) is 19.4. The highest BCUT2D eigenvalue weighted by Crippen LogP contribution is 2.16. The van der Waals surface area contributed by atoms with Crippen molar-refractivity contribution < 1.29 is 9.59 Å². The number of rotatable bonds is 7. The Morgan fingerprint density at radius 1 is 1.08 bits per heavy atom. The molecule has 2 amide bonds. The van der Waals surface area contributed by atoms with Crippen molar-refractivity contribution in [2.75, 3.05) is 37.9 Å². The van der Waals surface area contributed by atoms with Crippen molar-refractivity contribution in [3.8, 4) is 0 Å². The lowest BCUT2D eigenvalue weighted by atomic mass is 10.2. The summed E-state index contributed by atoms with van der Waals surface area (Å²) >= 11 is 0. The van der Waals surface area contributed by atoms with Crippen molar-refractivity contribution >= 4 is 23.2 Å². The number of carbonyl (C=O) groups is 2. The maximum Gasteiger partial charge on any atom is 0.272 e. The number of amides is 2. The zero-order valence-electron chi connectivity index (χ0n) is 15.8. The van der Waals surface area contributed by atoms with Crippen LogP contribution in [0.4, 0.5) is 11.4 Å². The molecule has 2 aromatic rings. The second-order valence-electron chi connectivity index (χ2n) is 6.41. The fourth-order valence-corrected chi connectivity index (χ4v) is 2.43. The van der Waals surface area contributed by atoms with E-state index in [2.05, 4.69) is 17.2 Å². The summed E-state index contributed by atoms with van der Waals surface area (Å²) in [5.41, 5.74) is 2.43. The minimum atomic E-state index is -0.268. The first-order chi connectivity index (χ1) is 12.4. The third kappa shape index (κ3) is 5.05. The lowest BCUT2D eigenvalue weighted by molar-refractivity contribution is 0.0787. The van der Waals surface area contributed by atoms with Crippen molar-refractivity contribution in [1.82, 2.24) is 9.88 Å². The molecule has 1 heterocycles. The molecule has 0 fully saturated rings. The van der Waals surface area contributed by atoms with Gasteiger partial charge in [-0.15, -0.1) is 0 Å². The highest BCUT2D eigenvalue weighted by Gasteiger charge is 2.15. The van der Waals surface area contributed by atoms with E-state index in [-0.39, 0.29) is 17.5 Å². The topological polar surface area (TPSA) is 65.5 Å². The van der Waals surface area contributed by atoms with E-state index in [1.54, 1.807) is 18.0 Å². The van der Waals surface area contributed by atoms with Gasteiger partial charge in [0.2, 0.25) is 0 Å². The van der Waals surface area contributed by atoms with Crippen LogP contribution in [0.2, 0.25) is 0 Å². The van der Waals surface area contributed by atoms with Crippen LogP contribution in [0.15, 0.2) is 42.6 Å². The van der Waals surface area contributed by atoms with Crippen LogP contribution >= 0.6 is 0 Å². The van der Waals surface area contributed by atoms with Gasteiger partial charge in [-0.25, -0.2) is 0 Å². The Morgan fingerprint density at radius 2 is 1.77 bits per heavy atom. The predicted octanol–water partition coefficient (Wildman–Crippen LogP) is 3.27. The summed E-state index contributed by atoms with van der Waals surface area (Å²) in [5.74, 6) is -0.446.